The fourth-order valence-corrected chi connectivity index (χ4v) is 5.22. The van der Waals surface area contributed by atoms with Crippen molar-refractivity contribution in [1.29, 1.82) is 0 Å². The van der Waals surface area contributed by atoms with E-state index in [1.165, 1.54) is 5.56 Å². The molecular weight excluding hydrogens is 445 g/mol. The number of fused-ring (bicyclic) bond motifs is 1. The van der Waals surface area contributed by atoms with Crippen molar-refractivity contribution in [2.24, 2.45) is 15.9 Å². The topological polar surface area (TPSA) is 66.5 Å². The van der Waals surface area contributed by atoms with Gasteiger partial charge in [0.2, 0.25) is 0 Å². The van der Waals surface area contributed by atoms with Crippen molar-refractivity contribution in [3.8, 4) is 5.75 Å². The van der Waals surface area contributed by atoms with Crippen LogP contribution in [0.4, 0.5) is 0 Å². The van der Waals surface area contributed by atoms with Crippen molar-refractivity contribution in [3.05, 3.63) is 63.6 Å². The molecule has 2 aromatic carbocycles. The molecule has 5 rings (SSSR count). The van der Waals surface area contributed by atoms with E-state index in [-0.39, 0.29) is 6.04 Å². The zero-order valence-electron chi connectivity index (χ0n) is 17.9. The van der Waals surface area contributed by atoms with E-state index in [0.717, 1.165) is 66.1 Å². The SMILES string of the molecule is NC1=NN=C(N2CCC(N3Cc4cc(Cl)ccc4OC[C@@H]3Cc3ccc(Cl)cc3)CC2)C1. The van der Waals surface area contributed by atoms with Crippen LogP contribution in [0, 0.1) is 0 Å². The average molecular weight is 472 g/mol. The van der Waals surface area contributed by atoms with Gasteiger partial charge in [0, 0.05) is 47.3 Å². The molecule has 8 heteroatoms. The number of nitrogens with zero attached hydrogens (tertiary/aromatic N) is 4. The second-order valence-electron chi connectivity index (χ2n) is 8.72. The number of nitrogens with two attached hydrogens (primary N) is 1. The van der Waals surface area contributed by atoms with Gasteiger partial charge in [-0.1, -0.05) is 35.3 Å². The Morgan fingerprint density at radius 3 is 2.47 bits per heavy atom. The van der Waals surface area contributed by atoms with Crippen LogP contribution in [-0.4, -0.2) is 53.3 Å². The first-order valence-corrected chi connectivity index (χ1v) is 11.9. The van der Waals surface area contributed by atoms with Crippen LogP contribution in [0.5, 0.6) is 5.75 Å². The van der Waals surface area contributed by atoms with Crippen LogP contribution >= 0.6 is 23.2 Å². The molecule has 32 heavy (non-hydrogen) atoms. The lowest BCUT2D eigenvalue weighted by Gasteiger charge is -2.42. The van der Waals surface area contributed by atoms with Gasteiger partial charge in [0.25, 0.3) is 0 Å². The quantitative estimate of drug-likeness (QED) is 0.722. The number of rotatable bonds is 3. The summed E-state index contributed by atoms with van der Waals surface area (Å²) in [6.45, 7) is 3.39. The molecule has 0 bridgehead atoms. The minimum atomic E-state index is 0.265. The molecule has 0 amide bonds. The molecule has 0 saturated carbocycles. The molecule has 6 nitrogen and oxygen atoms in total. The van der Waals surface area contributed by atoms with Crippen LogP contribution in [0.2, 0.25) is 10.0 Å². The number of amidine groups is 2. The predicted octanol–water partition coefficient (Wildman–Crippen LogP) is 4.34. The third-order valence-electron chi connectivity index (χ3n) is 6.59. The molecule has 0 unspecified atom stereocenters. The zero-order chi connectivity index (χ0) is 22.1. The highest BCUT2D eigenvalue weighted by molar-refractivity contribution is 6.30. The van der Waals surface area contributed by atoms with Crippen molar-refractivity contribution in [3.63, 3.8) is 0 Å². The number of hydrogen-bond donors (Lipinski definition) is 1. The Kier molecular flexibility index (Phi) is 6.26. The van der Waals surface area contributed by atoms with Gasteiger partial charge in [0.05, 0.1) is 6.42 Å². The van der Waals surface area contributed by atoms with Crippen LogP contribution < -0.4 is 10.5 Å². The van der Waals surface area contributed by atoms with E-state index in [9.17, 15) is 0 Å². The van der Waals surface area contributed by atoms with Gasteiger partial charge in [-0.05, 0) is 55.2 Å². The van der Waals surface area contributed by atoms with E-state index in [4.69, 9.17) is 33.7 Å². The Balaban J connectivity index is 1.34. The molecule has 0 aromatic heterocycles. The van der Waals surface area contributed by atoms with E-state index in [1.54, 1.807) is 0 Å². The smallest absolute Gasteiger partial charge is 0.135 e. The lowest BCUT2D eigenvalue weighted by Crippen LogP contribution is -2.51. The lowest BCUT2D eigenvalue weighted by molar-refractivity contribution is 0.0670. The minimum absolute atomic E-state index is 0.265. The van der Waals surface area contributed by atoms with Gasteiger partial charge in [0.1, 0.15) is 24.0 Å². The maximum Gasteiger partial charge on any atom is 0.135 e. The Morgan fingerprint density at radius 1 is 1.00 bits per heavy atom. The summed E-state index contributed by atoms with van der Waals surface area (Å²) in [5, 5.41) is 9.77. The van der Waals surface area contributed by atoms with Crippen molar-refractivity contribution in [2.45, 2.75) is 44.3 Å². The summed E-state index contributed by atoms with van der Waals surface area (Å²) < 4.78 is 6.26. The fourth-order valence-electron chi connectivity index (χ4n) is 4.90. The second-order valence-corrected chi connectivity index (χ2v) is 9.60. The van der Waals surface area contributed by atoms with Crippen LogP contribution in [0.3, 0.4) is 0 Å². The molecule has 3 heterocycles. The maximum absolute atomic E-state index is 6.32. The summed E-state index contributed by atoms with van der Waals surface area (Å²) in [5.74, 6) is 2.53. The summed E-state index contributed by atoms with van der Waals surface area (Å²) in [5.41, 5.74) is 8.24. The Labute approximate surface area is 198 Å². The van der Waals surface area contributed by atoms with E-state index in [0.29, 0.717) is 24.9 Å². The van der Waals surface area contributed by atoms with Gasteiger partial charge in [-0.25, -0.2) is 0 Å². The highest BCUT2D eigenvalue weighted by Crippen LogP contribution is 2.32. The van der Waals surface area contributed by atoms with Gasteiger partial charge in [-0.2, -0.15) is 0 Å². The number of piperidine rings is 1. The molecule has 2 aromatic rings. The van der Waals surface area contributed by atoms with Gasteiger partial charge in [-0.3, -0.25) is 4.90 Å². The Bertz CT molecular complexity index is 1030. The number of benzene rings is 2. The van der Waals surface area contributed by atoms with Crippen molar-refractivity contribution >= 4 is 34.9 Å². The van der Waals surface area contributed by atoms with Gasteiger partial charge in [0.15, 0.2) is 0 Å². The molecule has 0 aliphatic carbocycles. The summed E-state index contributed by atoms with van der Waals surface area (Å²) in [7, 11) is 0. The first-order chi connectivity index (χ1) is 15.5. The molecule has 3 aliphatic rings. The third-order valence-corrected chi connectivity index (χ3v) is 7.08. The van der Waals surface area contributed by atoms with Crippen LogP contribution in [0.1, 0.15) is 30.4 Å². The molecule has 1 fully saturated rings. The van der Waals surface area contributed by atoms with E-state index in [1.807, 2.05) is 30.3 Å². The minimum Gasteiger partial charge on any atom is -0.492 e. The zero-order valence-corrected chi connectivity index (χ0v) is 19.4. The van der Waals surface area contributed by atoms with E-state index in [2.05, 4.69) is 32.1 Å². The van der Waals surface area contributed by atoms with Crippen molar-refractivity contribution in [1.82, 2.24) is 9.80 Å². The molecule has 0 radical (unpaired) electrons. The van der Waals surface area contributed by atoms with E-state index < -0.39 is 0 Å². The monoisotopic (exact) mass is 471 g/mol. The van der Waals surface area contributed by atoms with Crippen LogP contribution in [0.25, 0.3) is 0 Å². The molecular formula is C24H27Cl2N5O. The van der Waals surface area contributed by atoms with Crippen molar-refractivity contribution in [2.75, 3.05) is 19.7 Å². The van der Waals surface area contributed by atoms with Crippen LogP contribution in [-0.2, 0) is 13.0 Å². The summed E-state index contributed by atoms with van der Waals surface area (Å²) in [6.07, 6.45) is 3.70. The largest absolute Gasteiger partial charge is 0.492 e. The average Bonchev–Trinajstić information content (AvgIpc) is 3.15. The maximum atomic E-state index is 6.32. The summed E-state index contributed by atoms with van der Waals surface area (Å²) in [6, 6.07) is 14.8. The first-order valence-electron chi connectivity index (χ1n) is 11.1. The predicted molar refractivity (Wildman–Crippen MR) is 130 cm³/mol. The Hall–Kier alpha value is -2.28. The summed E-state index contributed by atoms with van der Waals surface area (Å²) in [4.78, 5) is 4.95. The molecule has 2 N–H and O–H groups in total. The number of likely N-dealkylation sites (tertiary alicyclic amines) is 1. The second kappa shape index (κ2) is 9.30. The van der Waals surface area contributed by atoms with Gasteiger partial charge >= 0.3 is 0 Å². The Morgan fingerprint density at radius 2 is 1.75 bits per heavy atom. The van der Waals surface area contributed by atoms with Crippen molar-refractivity contribution < 1.29 is 4.74 Å². The molecule has 1 atom stereocenters. The van der Waals surface area contributed by atoms with E-state index >= 15 is 0 Å². The lowest BCUT2D eigenvalue weighted by atomic mass is 9.97. The normalized spacial score (nSPS) is 22.1. The molecule has 1 saturated heterocycles. The number of ether oxygens (including phenoxy) is 1. The number of hydrogen-bond acceptors (Lipinski definition) is 6. The van der Waals surface area contributed by atoms with Gasteiger partial charge in [-0.15, -0.1) is 10.2 Å². The summed E-state index contributed by atoms with van der Waals surface area (Å²) >= 11 is 12.4. The van der Waals surface area contributed by atoms with Gasteiger partial charge < -0.3 is 15.4 Å². The fraction of sp³-hybridized carbons (Fsp3) is 0.417. The highest BCUT2D eigenvalue weighted by atomic mass is 35.5. The van der Waals surface area contributed by atoms with Crippen LogP contribution in [0.15, 0.2) is 52.7 Å². The first kappa shape index (κ1) is 21.6. The highest BCUT2D eigenvalue weighted by Gasteiger charge is 2.34. The molecule has 0 spiro atoms. The standard InChI is InChI=1S/C24H27Cl2N5O/c25-18-3-1-16(2-4-18)11-21-15-32-22-6-5-19(26)12-17(22)14-31(21)20-7-9-30(10-8-20)24-13-23(27)28-29-24/h1-6,12,20-21H,7-11,13-15H2,(H2,27,28)/t21-/m0/s1. The molecule has 3 aliphatic heterocycles. The third kappa shape index (κ3) is 4.72. The molecule has 168 valence electrons. The number of halogens is 2.